The second-order valence-corrected chi connectivity index (χ2v) is 18.9. The molecular formula is C65H106O6. The number of allylic oxidation sites excluding steroid dienone is 20. The molecule has 0 radical (unpaired) electrons. The Kier molecular flexibility index (Phi) is 54.9. The summed E-state index contributed by atoms with van der Waals surface area (Å²) < 4.78 is 16.8. The Morgan fingerprint density at radius 2 is 0.634 bits per heavy atom. The summed E-state index contributed by atoms with van der Waals surface area (Å²) in [7, 11) is 0. The molecule has 71 heavy (non-hydrogen) atoms. The molecule has 0 rings (SSSR count). The first-order valence-electron chi connectivity index (χ1n) is 29.1. The molecule has 0 aromatic rings. The molecule has 0 saturated carbocycles. The molecule has 6 heteroatoms. The first kappa shape index (κ1) is 66.8. The van der Waals surface area contributed by atoms with E-state index in [2.05, 4.69) is 118 Å². The van der Waals surface area contributed by atoms with E-state index < -0.39 is 6.10 Å². The van der Waals surface area contributed by atoms with Crippen LogP contribution in [0.5, 0.6) is 0 Å². The lowest BCUT2D eigenvalue weighted by Gasteiger charge is -2.18. The zero-order valence-corrected chi connectivity index (χ0v) is 45.9. The highest BCUT2D eigenvalue weighted by Crippen LogP contribution is 2.14. The summed E-state index contributed by atoms with van der Waals surface area (Å²) in [6, 6.07) is 0. The summed E-state index contributed by atoms with van der Waals surface area (Å²) in [5.41, 5.74) is 0. The van der Waals surface area contributed by atoms with Gasteiger partial charge in [0, 0.05) is 19.3 Å². The molecule has 1 atom stereocenters. The van der Waals surface area contributed by atoms with E-state index >= 15 is 0 Å². The van der Waals surface area contributed by atoms with E-state index in [1.807, 2.05) is 24.3 Å². The Hall–Kier alpha value is -4.19. The van der Waals surface area contributed by atoms with Gasteiger partial charge in [-0.15, -0.1) is 0 Å². The van der Waals surface area contributed by atoms with Crippen LogP contribution in [0.1, 0.15) is 252 Å². The number of rotatable bonds is 51. The molecule has 0 aromatic heterocycles. The van der Waals surface area contributed by atoms with Crippen molar-refractivity contribution in [2.24, 2.45) is 0 Å². The maximum absolute atomic E-state index is 12.9. The fraction of sp³-hybridized carbons (Fsp3) is 0.646. The number of carbonyl (C=O) groups excluding carboxylic acids is 3. The van der Waals surface area contributed by atoms with Crippen LogP contribution in [-0.4, -0.2) is 37.2 Å². The first-order valence-corrected chi connectivity index (χ1v) is 29.1. The molecule has 0 saturated heterocycles. The predicted molar refractivity (Wildman–Crippen MR) is 306 cm³/mol. The Morgan fingerprint density at radius 3 is 1.06 bits per heavy atom. The van der Waals surface area contributed by atoms with E-state index in [4.69, 9.17) is 14.2 Å². The first-order chi connectivity index (χ1) is 35.0. The molecule has 1 unspecified atom stereocenters. The Balaban J connectivity index is 4.50. The average Bonchev–Trinajstić information content (AvgIpc) is 3.37. The van der Waals surface area contributed by atoms with Crippen LogP contribution >= 0.6 is 0 Å². The Labute approximate surface area is 437 Å². The molecule has 6 nitrogen and oxygen atoms in total. The van der Waals surface area contributed by atoms with Crippen LogP contribution in [0.3, 0.4) is 0 Å². The second kappa shape index (κ2) is 58.4. The highest BCUT2D eigenvalue weighted by Gasteiger charge is 2.19. The zero-order chi connectivity index (χ0) is 51.4. The van der Waals surface area contributed by atoms with E-state index in [0.29, 0.717) is 19.3 Å². The number of hydrogen-bond donors (Lipinski definition) is 0. The lowest BCUT2D eigenvalue weighted by Crippen LogP contribution is -2.30. The quantitative estimate of drug-likeness (QED) is 0.0199. The normalized spacial score (nSPS) is 13.0. The van der Waals surface area contributed by atoms with Gasteiger partial charge in [-0.2, -0.15) is 0 Å². The van der Waals surface area contributed by atoms with Crippen LogP contribution in [0.25, 0.3) is 0 Å². The number of ether oxygens (including phenoxy) is 3. The maximum atomic E-state index is 12.9. The minimum Gasteiger partial charge on any atom is -0.462 e. The third kappa shape index (κ3) is 56.6. The molecule has 0 fully saturated rings. The highest BCUT2D eigenvalue weighted by molar-refractivity contribution is 5.71. The molecule has 0 aromatic carbocycles. The van der Waals surface area contributed by atoms with Crippen molar-refractivity contribution in [3.05, 3.63) is 122 Å². The molecule has 0 aliphatic rings. The van der Waals surface area contributed by atoms with Gasteiger partial charge in [0.25, 0.3) is 0 Å². The lowest BCUT2D eigenvalue weighted by molar-refractivity contribution is -0.167. The topological polar surface area (TPSA) is 78.9 Å². The van der Waals surface area contributed by atoms with Crippen LogP contribution < -0.4 is 0 Å². The van der Waals surface area contributed by atoms with Crippen LogP contribution in [0.15, 0.2) is 122 Å². The van der Waals surface area contributed by atoms with Gasteiger partial charge < -0.3 is 14.2 Å². The molecule has 0 aliphatic carbocycles. The van der Waals surface area contributed by atoms with Crippen molar-refractivity contribution in [1.29, 1.82) is 0 Å². The molecule has 402 valence electrons. The van der Waals surface area contributed by atoms with E-state index in [-0.39, 0.29) is 31.1 Å². The van der Waals surface area contributed by atoms with Gasteiger partial charge in [0.05, 0.1) is 0 Å². The number of unbranched alkanes of at least 4 members (excludes halogenated alkanes) is 24. The van der Waals surface area contributed by atoms with Gasteiger partial charge in [-0.25, -0.2) is 0 Å². The molecule has 0 N–H and O–H groups in total. The van der Waals surface area contributed by atoms with Gasteiger partial charge in [0.1, 0.15) is 13.2 Å². The number of hydrogen-bond acceptors (Lipinski definition) is 6. The smallest absolute Gasteiger partial charge is 0.306 e. The fourth-order valence-corrected chi connectivity index (χ4v) is 7.69. The van der Waals surface area contributed by atoms with Gasteiger partial charge in [-0.1, -0.05) is 251 Å². The molecule has 0 spiro atoms. The molecule has 0 bridgehead atoms. The van der Waals surface area contributed by atoms with Gasteiger partial charge >= 0.3 is 17.9 Å². The van der Waals surface area contributed by atoms with Gasteiger partial charge in [0.15, 0.2) is 6.10 Å². The number of carbonyl (C=O) groups is 3. The molecule has 0 aliphatic heterocycles. The summed E-state index contributed by atoms with van der Waals surface area (Å²) in [5, 5.41) is 0. The highest BCUT2D eigenvalue weighted by atomic mass is 16.6. The van der Waals surface area contributed by atoms with E-state index in [1.165, 1.54) is 77.0 Å². The fourth-order valence-electron chi connectivity index (χ4n) is 7.69. The van der Waals surface area contributed by atoms with E-state index in [9.17, 15) is 14.4 Å². The summed E-state index contributed by atoms with van der Waals surface area (Å²) >= 11 is 0. The SMILES string of the molecule is CC/C=C\C/C=C\C/C=C\C/C=C\CCCCCCCCC(=O)OCC(COC(=O)CCCCCCC/C=C\CCCCCCCCC)OC(=O)CCCCCCC\C=C/C=C\C=C/C=C\C=C/CCC. The van der Waals surface area contributed by atoms with Crippen LogP contribution in [0.2, 0.25) is 0 Å². The Bertz CT molecular complexity index is 1500. The Morgan fingerprint density at radius 1 is 0.310 bits per heavy atom. The lowest BCUT2D eigenvalue weighted by atomic mass is 10.1. The minimum atomic E-state index is -0.806. The summed E-state index contributed by atoms with van der Waals surface area (Å²) in [6.45, 7) is 6.40. The van der Waals surface area contributed by atoms with Crippen molar-refractivity contribution in [1.82, 2.24) is 0 Å². The largest absolute Gasteiger partial charge is 0.462 e. The van der Waals surface area contributed by atoms with Crippen LogP contribution in [0.4, 0.5) is 0 Å². The predicted octanol–water partition coefficient (Wildman–Crippen LogP) is 19.6. The van der Waals surface area contributed by atoms with Crippen molar-refractivity contribution in [2.75, 3.05) is 13.2 Å². The van der Waals surface area contributed by atoms with Crippen molar-refractivity contribution in [2.45, 2.75) is 258 Å². The van der Waals surface area contributed by atoms with Gasteiger partial charge in [-0.05, 0) is 103 Å². The van der Waals surface area contributed by atoms with Gasteiger partial charge in [0.2, 0.25) is 0 Å². The van der Waals surface area contributed by atoms with E-state index in [1.54, 1.807) is 0 Å². The second-order valence-electron chi connectivity index (χ2n) is 18.9. The molecule has 0 heterocycles. The standard InChI is InChI=1S/C65H106O6/c1-4-7-10-13-16-19-22-25-28-31-33-35-37-40-43-46-49-52-55-58-64(67)70-61-62(60-69-63(66)57-54-51-48-45-42-39-36-30-27-24-21-18-15-12-9-6-3)71-65(68)59-56-53-50-47-44-41-38-34-32-29-26-23-20-17-14-11-8-5-2/h7,10-11,14,16-17,19-20,23,25-26,28-30,32-36,38,62H,4-6,8-9,12-13,15,18,21-22,24,27,31,37,39-61H2,1-3H3/b10-7-,14-11-,19-16-,20-17-,26-23-,28-25-,32-29-,35-33-,36-30-,38-34-. The summed E-state index contributed by atoms with van der Waals surface area (Å²) in [5.74, 6) is -0.948. The maximum Gasteiger partial charge on any atom is 0.306 e. The average molecular weight is 984 g/mol. The number of esters is 3. The zero-order valence-electron chi connectivity index (χ0n) is 45.9. The minimum absolute atomic E-state index is 0.100. The van der Waals surface area contributed by atoms with Crippen molar-refractivity contribution >= 4 is 17.9 Å². The molecule has 0 amide bonds. The van der Waals surface area contributed by atoms with Crippen molar-refractivity contribution in [3.63, 3.8) is 0 Å². The van der Waals surface area contributed by atoms with Gasteiger partial charge in [-0.3, -0.25) is 14.4 Å². The monoisotopic (exact) mass is 983 g/mol. The van der Waals surface area contributed by atoms with Crippen molar-refractivity contribution in [3.8, 4) is 0 Å². The molecular weight excluding hydrogens is 877 g/mol. The van der Waals surface area contributed by atoms with Crippen LogP contribution in [-0.2, 0) is 28.6 Å². The third-order valence-electron chi connectivity index (χ3n) is 12.0. The summed E-state index contributed by atoms with van der Waals surface area (Å²) in [4.78, 5) is 38.2. The van der Waals surface area contributed by atoms with E-state index in [0.717, 1.165) is 135 Å². The van der Waals surface area contributed by atoms with Crippen LogP contribution in [0, 0.1) is 0 Å². The third-order valence-corrected chi connectivity index (χ3v) is 12.0. The van der Waals surface area contributed by atoms with Crippen molar-refractivity contribution < 1.29 is 28.6 Å². The summed E-state index contributed by atoms with van der Waals surface area (Å²) in [6.07, 6.45) is 80.3.